The van der Waals surface area contributed by atoms with Gasteiger partial charge in [0.2, 0.25) is 5.91 Å². The van der Waals surface area contributed by atoms with Gasteiger partial charge in [0.15, 0.2) is 0 Å². The minimum absolute atomic E-state index is 0.0153. The van der Waals surface area contributed by atoms with E-state index in [1.165, 1.54) is 0 Å². The molecule has 1 unspecified atom stereocenters. The third-order valence-electron chi connectivity index (χ3n) is 4.28. The molecule has 1 aliphatic carbocycles. The number of aromatic nitrogens is 1. The standard InChI is InChI=1S/C17H28N2O2S/c1-12(2)7-10-21-14(4)15(20)19-17(8-5-6-9-17)16-18-13(3)11-22-16/h11-12,14H,5-10H2,1-4H3,(H,19,20). The highest BCUT2D eigenvalue weighted by Crippen LogP contribution is 2.40. The number of ether oxygens (including phenoxy) is 1. The van der Waals surface area contributed by atoms with Crippen LogP contribution in [-0.2, 0) is 15.1 Å². The van der Waals surface area contributed by atoms with Crippen LogP contribution < -0.4 is 5.32 Å². The van der Waals surface area contributed by atoms with Crippen molar-refractivity contribution in [3.05, 3.63) is 16.1 Å². The summed E-state index contributed by atoms with van der Waals surface area (Å²) < 4.78 is 5.68. The van der Waals surface area contributed by atoms with Gasteiger partial charge < -0.3 is 10.1 Å². The minimum atomic E-state index is -0.405. The predicted octanol–water partition coefficient (Wildman–Crippen LogP) is 3.79. The third-order valence-corrected chi connectivity index (χ3v) is 5.44. The van der Waals surface area contributed by atoms with Crippen molar-refractivity contribution in [2.75, 3.05) is 6.61 Å². The topological polar surface area (TPSA) is 51.2 Å². The van der Waals surface area contributed by atoms with Gasteiger partial charge in [-0.3, -0.25) is 4.79 Å². The van der Waals surface area contributed by atoms with Crippen molar-refractivity contribution in [1.82, 2.24) is 10.3 Å². The second-order valence-corrected chi connectivity index (χ2v) is 7.63. The maximum Gasteiger partial charge on any atom is 0.249 e. The lowest BCUT2D eigenvalue weighted by molar-refractivity contribution is -0.134. The Bertz CT molecular complexity index is 493. The zero-order chi connectivity index (χ0) is 16.2. The Morgan fingerprint density at radius 1 is 1.41 bits per heavy atom. The molecule has 0 aromatic carbocycles. The number of thiazole rings is 1. The van der Waals surface area contributed by atoms with Gasteiger partial charge in [0.1, 0.15) is 11.1 Å². The van der Waals surface area contributed by atoms with Gasteiger partial charge in [-0.05, 0) is 39.0 Å². The van der Waals surface area contributed by atoms with Crippen LogP contribution >= 0.6 is 11.3 Å². The molecule has 1 fully saturated rings. The van der Waals surface area contributed by atoms with Gasteiger partial charge in [-0.1, -0.05) is 26.7 Å². The molecule has 124 valence electrons. The fraction of sp³-hybridized carbons (Fsp3) is 0.765. The molecule has 1 aromatic rings. The molecule has 0 spiro atoms. The Hall–Kier alpha value is -0.940. The summed E-state index contributed by atoms with van der Waals surface area (Å²) in [6.45, 7) is 8.79. The molecule has 2 rings (SSSR count). The lowest BCUT2D eigenvalue weighted by Crippen LogP contribution is -2.48. The zero-order valence-corrected chi connectivity index (χ0v) is 15.0. The molecule has 5 heteroatoms. The molecule has 4 nitrogen and oxygen atoms in total. The molecule has 1 N–H and O–H groups in total. The van der Waals surface area contributed by atoms with Crippen LogP contribution in [0.3, 0.4) is 0 Å². The average molecular weight is 324 g/mol. The monoisotopic (exact) mass is 324 g/mol. The quantitative estimate of drug-likeness (QED) is 0.830. The lowest BCUT2D eigenvalue weighted by Gasteiger charge is -2.29. The molecule has 0 saturated heterocycles. The summed E-state index contributed by atoms with van der Waals surface area (Å²) in [4.78, 5) is 17.1. The van der Waals surface area contributed by atoms with Crippen LogP contribution in [0.15, 0.2) is 5.38 Å². The van der Waals surface area contributed by atoms with Crippen molar-refractivity contribution in [3.8, 4) is 0 Å². The maximum absolute atomic E-state index is 12.5. The van der Waals surface area contributed by atoms with Crippen LogP contribution in [0.5, 0.6) is 0 Å². The van der Waals surface area contributed by atoms with Crippen LogP contribution in [0.4, 0.5) is 0 Å². The smallest absolute Gasteiger partial charge is 0.249 e. The summed E-state index contributed by atoms with van der Waals surface area (Å²) in [6.07, 6.45) is 4.81. The van der Waals surface area contributed by atoms with Crippen LogP contribution in [0.1, 0.15) is 63.6 Å². The first-order valence-electron chi connectivity index (χ1n) is 8.29. The van der Waals surface area contributed by atoms with Gasteiger partial charge in [-0.25, -0.2) is 4.98 Å². The second kappa shape index (κ2) is 7.55. The summed E-state index contributed by atoms with van der Waals surface area (Å²) in [5.74, 6) is 0.577. The van der Waals surface area contributed by atoms with E-state index >= 15 is 0 Å². The first-order chi connectivity index (χ1) is 10.4. The molecule has 1 saturated carbocycles. The molecule has 22 heavy (non-hydrogen) atoms. The molecule has 1 atom stereocenters. The first-order valence-corrected chi connectivity index (χ1v) is 9.17. The number of hydrogen-bond acceptors (Lipinski definition) is 4. The fourth-order valence-corrected chi connectivity index (χ4v) is 3.85. The Morgan fingerprint density at radius 3 is 2.64 bits per heavy atom. The number of aryl methyl sites for hydroxylation is 1. The van der Waals surface area contributed by atoms with E-state index in [-0.39, 0.29) is 11.4 Å². The Balaban J connectivity index is 1.97. The van der Waals surface area contributed by atoms with Crippen molar-refractivity contribution in [3.63, 3.8) is 0 Å². The predicted molar refractivity (Wildman–Crippen MR) is 90.0 cm³/mol. The summed E-state index contributed by atoms with van der Waals surface area (Å²) in [5, 5.41) is 6.35. The lowest BCUT2D eigenvalue weighted by atomic mass is 9.98. The highest BCUT2D eigenvalue weighted by atomic mass is 32.1. The largest absolute Gasteiger partial charge is 0.369 e. The van der Waals surface area contributed by atoms with Crippen molar-refractivity contribution in [2.45, 2.75) is 71.4 Å². The highest BCUT2D eigenvalue weighted by molar-refractivity contribution is 7.09. The van der Waals surface area contributed by atoms with Gasteiger partial charge in [0.05, 0.1) is 5.54 Å². The van der Waals surface area contributed by atoms with Crippen LogP contribution in [0, 0.1) is 12.8 Å². The first kappa shape index (κ1) is 17.4. The third kappa shape index (κ3) is 4.29. The number of amides is 1. The normalized spacial score (nSPS) is 18.6. The maximum atomic E-state index is 12.5. The molecular formula is C17H28N2O2S. The molecule has 0 aliphatic heterocycles. The Morgan fingerprint density at radius 2 is 2.09 bits per heavy atom. The molecule has 1 aliphatic rings. The zero-order valence-electron chi connectivity index (χ0n) is 14.1. The van der Waals surface area contributed by atoms with Crippen molar-refractivity contribution < 1.29 is 9.53 Å². The fourth-order valence-electron chi connectivity index (χ4n) is 2.84. The van der Waals surface area contributed by atoms with Gasteiger partial charge in [0.25, 0.3) is 0 Å². The van der Waals surface area contributed by atoms with E-state index in [9.17, 15) is 4.79 Å². The summed E-state index contributed by atoms with van der Waals surface area (Å²) >= 11 is 1.65. The number of carbonyl (C=O) groups is 1. The molecule has 1 aromatic heterocycles. The van der Waals surface area contributed by atoms with E-state index in [4.69, 9.17) is 4.74 Å². The minimum Gasteiger partial charge on any atom is -0.369 e. The van der Waals surface area contributed by atoms with E-state index in [0.717, 1.165) is 42.8 Å². The van der Waals surface area contributed by atoms with E-state index in [0.29, 0.717) is 12.5 Å². The van der Waals surface area contributed by atoms with Gasteiger partial charge in [-0.15, -0.1) is 11.3 Å². The summed E-state index contributed by atoms with van der Waals surface area (Å²) in [5.41, 5.74) is 0.757. The number of nitrogens with zero attached hydrogens (tertiary/aromatic N) is 1. The Labute approximate surface area is 137 Å². The van der Waals surface area contributed by atoms with E-state index in [2.05, 4.69) is 29.5 Å². The molecular weight excluding hydrogens is 296 g/mol. The van der Waals surface area contributed by atoms with E-state index < -0.39 is 6.10 Å². The van der Waals surface area contributed by atoms with Gasteiger partial charge in [0, 0.05) is 17.7 Å². The molecule has 0 radical (unpaired) electrons. The number of hydrogen-bond donors (Lipinski definition) is 1. The van der Waals surface area contributed by atoms with Crippen molar-refractivity contribution in [2.24, 2.45) is 5.92 Å². The van der Waals surface area contributed by atoms with Crippen molar-refractivity contribution >= 4 is 17.2 Å². The number of carbonyl (C=O) groups excluding carboxylic acids is 1. The molecule has 1 heterocycles. The van der Waals surface area contributed by atoms with Gasteiger partial charge >= 0.3 is 0 Å². The summed E-state index contributed by atoms with van der Waals surface area (Å²) in [7, 11) is 0. The Kier molecular flexibility index (Phi) is 5.98. The van der Waals surface area contributed by atoms with Gasteiger partial charge in [-0.2, -0.15) is 0 Å². The van der Waals surface area contributed by atoms with Crippen LogP contribution in [0.25, 0.3) is 0 Å². The average Bonchev–Trinajstić information content (AvgIpc) is 3.08. The summed E-state index contributed by atoms with van der Waals surface area (Å²) in [6, 6.07) is 0. The SMILES string of the molecule is Cc1csc(C2(NC(=O)C(C)OCCC(C)C)CCCC2)n1. The van der Waals surface area contributed by atoms with Crippen LogP contribution in [-0.4, -0.2) is 23.6 Å². The molecule has 0 bridgehead atoms. The number of nitrogens with one attached hydrogen (secondary N) is 1. The second-order valence-electron chi connectivity index (χ2n) is 6.77. The highest BCUT2D eigenvalue weighted by Gasteiger charge is 2.40. The van der Waals surface area contributed by atoms with E-state index in [1.54, 1.807) is 11.3 Å². The molecule has 1 amide bonds. The number of rotatable bonds is 7. The van der Waals surface area contributed by atoms with Crippen molar-refractivity contribution in [1.29, 1.82) is 0 Å². The van der Waals surface area contributed by atoms with Crippen LogP contribution in [0.2, 0.25) is 0 Å². The van der Waals surface area contributed by atoms with E-state index in [1.807, 2.05) is 13.8 Å².